The first-order valence-electron chi connectivity index (χ1n) is 6.99. The zero-order chi connectivity index (χ0) is 17.3. The maximum atomic E-state index is 12.3. The van der Waals surface area contributed by atoms with E-state index >= 15 is 0 Å². The van der Waals surface area contributed by atoms with Crippen molar-refractivity contribution in [3.8, 4) is 29.4 Å². The fraction of sp³-hybridized carbons (Fsp3) is 0.0526. The number of hydrogen-bond acceptors (Lipinski definition) is 4. The molecule has 0 fully saturated rings. The average molecular weight is 320 g/mol. The SMILES string of the molecule is C#Cc1cc(-c2cc(=O)c3ccc(OC)cc3o2)ccc1C(=O)O. The van der Waals surface area contributed by atoms with Gasteiger partial charge >= 0.3 is 5.97 Å². The third-order valence-corrected chi connectivity index (χ3v) is 3.63. The lowest BCUT2D eigenvalue weighted by atomic mass is 10.0. The molecule has 5 nitrogen and oxygen atoms in total. The van der Waals surface area contributed by atoms with Crippen molar-refractivity contribution in [1.29, 1.82) is 0 Å². The van der Waals surface area contributed by atoms with Gasteiger partial charge in [-0.1, -0.05) is 12.0 Å². The number of ether oxygens (including phenoxy) is 1. The Labute approximate surface area is 137 Å². The first-order valence-corrected chi connectivity index (χ1v) is 6.99. The zero-order valence-corrected chi connectivity index (χ0v) is 12.7. The van der Waals surface area contributed by atoms with Crippen molar-refractivity contribution in [1.82, 2.24) is 0 Å². The molecule has 0 saturated heterocycles. The zero-order valence-electron chi connectivity index (χ0n) is 12.7. The lowest BCUT2D eigenvalue weighted by molar-refractivity contribution is 0.0696. The van der Waals surface area contributed by atoms with Gasteiger partial charge in [0.15, 0.2) is 5.43 Å². The minimum Gasteiger partial charge on any atom is -0.497 e. The van der Waals surface area contributed by atoms with Crippen molar-refractivity contribution in [2.45, 2.75) is 0 Å². The van der Waals surface area contributed by atoms with E-state index in [-0.39, 0.29) is 16.6 Å². The molecule has 2 aromatic carbocycles. The highest BCUT2D eigenvalue weighted by Crippen LogP contribution is 2.26. The van der Waals surface area contributed by atoms with E-state index in [4.69, 9.17) is 20.7 Å². The van der Waals surface area contributed by atoms with Gasteiger partial charge in [0, 0.05) is 23.3 Å². The molecule has 0 aliphatic rings. The van der Waals surface area contributed by atoms with Crippen LogP contribution in [0.25, 0.3) is 22.3 Å². The molecule has 3 rings (SSSR count). The number of fused-ring (bicyclic) bond motifs is 1. The molecule has 0 atom stereocenters. The molecule has 24 heavy (non-hydrogen) atoms. The summed E-state index contributed by atoms with van der Waals surface area (Å²) >= 11 is 0. The molecular weight excluding hydrogens is 308 g/mol. The number of carboxylic acids is 1. The van der Waals surface area contributed by atoms with E-state index in [9.17, 15) is 9.59 Å². The Bertz CT molecular complexity index is 1050. The number of rotatable bonds is 3. The van der Waals surface area contributed by atoms with Crippen LogP contribution < -0.4 is 10.2 Å². The normalized spacial score (nSPS) is 10.3. The molecule has 1 aromatic heterocycles. The van der Waals surface area contributed by atoms with Crippen LogP contribution in [0.4, 0.5) is 0 Å². The molecule has 1 N–H and O–H groups in total. The van der Waals surface area contributed by atoms with E-state index in [0.717, 1.165) is 0 Å². The lowest BCUT2D eigenvalue weighted by Crippen LogP contribution is -2.02. The Morgan fingerprint density at radius 3 is 2.67 bits per heavy atom. The van der Waals surface area contributed by atoms with Crippen molar-refractivity contribution >= 4 is 16.9 Å². The van der Waals surface area contributed by atoms with Crippen LogP contribution >= 0.6 is 0 Å². The molecule has 0 aliphatic carbocycles. The lowest BCUT2D eigenvalue weighted by Gasteiger charge is -2.07. The quantitative estimate of drug-likeness (QED) is 0.750. The van der Waals surface area contributed by atoms with Gasteiger partial charge in [-0.3, -0.25) is 4.79 Å². The highest BCUT2D eigenvalue weighted by Gasteiger charge is 2.13. The fourth-order valence-electron chi connectivity index (χ4n) is 2.41. The van der Waals surface area contributed by atoms with E-state index in [1.807, 2.05) is 0 Å². The summed E-state index contributed by atoms with van der Waals surface area (Å²) in [5, 5.41) is 9.55. The van der Waals surface area contributed by atoms with Crippen molar-refractivity contribution in [3.05, 3.63) is 63.8 Å². The van der Waals surface area contributed by atoms with Crippen molar-refractivity contribution in [3.63, 3.8) is 0 Å². The maximum Gasteiger partial charge on any atom is 0.336 e. The molecule has 0 radical (unpaired) electrons. The number of terminal acetylenes is 1. The third-order valence-electron chi connectivity index (χ3n) is 3.63. The number of benzene rings is 2. The van der Waals surface area contributed by atoms with Gasteiger partial charge in [0.2, 0.25) is 0 Å². The smallest absolute Gasteiger partial charge is 0.336 e. The fourth-order valence-corrected chi connectivity index (χ4v) is 2.41. The summed E-state index contributed by atoms with van der Waals surface area (Å²) in [5.74, 6) is 2.09. The van der Waals surface area contributed by atoms with Crippen molar-refractivity contribution < 1.29 is 19.1 Å². The largest absolute Gasteiger partial charge is 0.497 e. The standard InChI is InChI=1S/C19H12O5/c1-3-11-8-12(4-6-14(11)19(21)22)17-10-16(20)15-7-5-13(23-2)9-18(15)24-17/h1,4-10H,2H3,(H,21,22). The molecular formula is C19H12O5. The summed E-state index contributed by atoms with van der Waals surface area (Å²) in [7, 11) is 1.52. The molecule has 0 saturated carbocycles. The second kappa shape index (κ2) is 5.94. The Morgan fingerprint density at radius 1 is 1.21 bits per heavy atom. The second-order valence-corrected chi connectivity index (χ2v) is 5.05. The Hall–Kier alpha value is -3.52. The maximum absolute atomic E-state index is 12.3. The first-order chi connectivity index (χ1) is 11.5. The highest BCUT2D eigenvalue weighted by molar-refractivity contribution is 5.91. The van der Waals surface area contributed by atoms with Gasteiger partial charge in [0.25, 0.3) is 0 Å². The summed E-state index contributed by atoms with van der Waals surface area (Å²) in [5.41, 5.74) is 0.925. The van der Waals surface area contributed by atoms with Crippen LogP contribution in [0.15, 0.2) is 51.7 Å². The average Bonchev–Trinajstić information content (AvgIpc) is 2.60. The minimum absolute atomic E-state index is 0.0195. The highest BCUT2D eigenvalue weighted by atomic mass is 16.5. The third kappa shape index (κ3) is 2.61. The second-order valence-electron chi connectivity index (χ2n) is 5.05. The van der Waals surface area contributed by atoms with Crippen LogP contribution in [-0.2, 0) is 0 Å². The van der Waals surface area contributed by atoms with Gasteiger partial charge in [-0.15, -0.1) is 6.42 Å². The van der Waals surface area contributed by atoms with Crippen LogP contribution in [0.2, 0.25) is 0 Å². The number of hydrogen-bond donors (Lipinski definition) is 1. The summed E-state index contributed by atoms with van der Waals surface area (Å²) < 4.78 is 10.9. The van der Waals surface area contributed by atoms with Crippen LogP contribution in [0.1, 0.15) is 15.9 Å². The number of aromatic carboxylic acids is 1. The first kappa shape index (κ1) is 15.4. The predicted molar refractivity (Wildman–Crippen MR) is 89.4 cm³/mol. The van der Waals surface area contributed by atoms with E-state index < -0.39 is 5.97 Å². The molecule has 0 unspecified atom stereocenters. The van der Waals surface area contributed by atoms with E-state index in [0.29, 0.717) is 28.0 Å². The van der Waals surface area contributed by atoms with Gasteiger partial charge in [-0.25, -0.2) is 4.79 Å². The molecule has 0 spiro atoms. The van der Waals surface area contributed by atoms with Crippen LogP contribution in [0, 0.1) is 12.3 Å². The number of carboxylic acid groups (broad SMARTS) is 1. The molecule has 0 amide bonds. The predicted octanol–water partition coefficient (Wildman–Crippen LogP) is 3.15. The Morgan fingerprint density at radius 2 is 2.00 bits per heavy atom. The topological polar surface area (TPSA) is 76.7 Å². The van der Waals surface area contributed by atoms with Gasteiger partial charge in [0.1, 0.15) is 17.1 Å². The summed E-state index contributed by atoms with van der Waals surface area (Å²) in [4.78, 5) is 23.4. The van der Waals surface area contributed by atoms with Crippen LogP contribution in [0.3, 0.4) is 0 Å². The summed E-state index contributed by atoms with van der Waals surface area (Å²) in [6, 6.07) is 10.7. The Balaban J connectivity index is 2.21. The van der Waals surface area contributed by atoms with Gasteiger partial charge in [-0.2, -0.15) is 0 Å². The van der Waals surface area contributed by atoms with E-state index in [1.165, 1.54) is 25.3 Å². The van der Waals surface area contributed by atoms with Crippen molar-refractivity contribution in [2.75, 3.05) is 7.11 Å². The molecule has 1 heterocycles. The summed E-state index contributed by atoms with van der Waals surface area (Å²) in [6.45, 7) is 0. The molecule has 0 bridgehead atoms. The van der Waals surface area contributed by atoms with Crippen LogP contribution in [-0.4, -0.2) is 18.2 Å². The number of methoxy groups -OCH3 is 1. The van der Waals surface area contributed by atoms with Crippen molar-refractivity contribution in [2.24, 2.45) is 0 Å². The van der Waals surface area contributed by atoms with E-state index in [1.54, 1.807) is 24.3 Å². The van der Waals surface area contributed by atoms with E-state index in [2.05, 4.69) is 5.92 Å². The van der Waals surface area contributed by atoms with Gasteiger partial charge in [0.05, 0.1) is 18.1 Å². The molecule has 5 heteroatoms. The Kier molecular flexibility index (Phi) is 3.80. The molecule has 0 aliphatic heterocycles. The van der Waals surface area contributed by atoms with Gasteiger partial charge < -0.3 is 14.3 Å². The summed E-state index contributed by atoms with van der Waals surface area (Å²) in [6.07, 6.45) is 5.37. The molecule has 118 valence electrons. The monoisotopic (exact) mass is 320 g/mol. The van der Waals surface area contributed by atoms with Crippen LogP contribution in [0.5, 0.6) is 5.75 Å². The molecule has 3 aromatic rings. The minimum atomic E-state index is -1.11. The van der Waals surface area contributed by atoms with Gasteiger partial charge in [-0.05, 0) is 24.3 Å². The number of carbonyl (C=O) groups is 1.